The lowest BCUT2D eigenvalue weighted by Gasteiger charge is -2.23. The number of hydrogen-bond donors (Lipinski definition) is 3. The van der Waals surface area contributed by atoms with Gasteiger partial charge in [-0.3, -0.25) is 5.32 Å². The molecule has 5 heteroatoms. The number of carbonyl (C=O) groups excluding carboxylic acids is 1. The zero-order valence-corrected chi connectivity index (χ0v) is 17.6. The summed E-state index contributed by atoms with van der Waals surface area (Å²) >= 11 is 1.75. The molecule has 2 aliphatic rings. The van der Waals surface area contributed by atoms with E-state index in [0.29, 0.717) is 6.54 Å². The summed E-state index contributed by atoms with van der Waals surface area (Å²) in [6, 6.07) is -0.123. The number of carbonyl (C=O) groups is 1. The zero-order valence-electron chi connectivity index (χ0n) is 16.8. The van der Waals surface area contributed by atoms with Crippen molar-refractivity contribution >= 4 is 22.4 Å². The summed E-state index contributed by atoms with van der Waals surface area (Å²) in [5, 5.41) is 10.6. The average Bonchev–Trinajstić information content (AvgIpc) is 3.00. The summed E-state index contributed by atoms with van der Waals surface area (Å²) in [5.74, 6) is 0. The molecule has 1 aromatic rings. The first-order valence-corrected chi connectivity index (χ1v) is 11.2. The number of amides is 2. The van der Waals surface area contributed by atoms with Crippen LogP contribution in [0.15, 0.2) is 23.3 Å². The van der Waals surface area contributed by atoms with Crippen molar-refractivity contribution in [1.29, 1.82) is 0 Å². The Morgan fingerprint density at radius 3 is 2.85 bits per heavy atom. The molecule has 0 aromatic carbocycles. The highest BCUT2D eigenvalue weighted by atomic mass is 32.1. The molecule has 0 spiro atoms. The molecule has 148 valence electrons. The maximum absolute atomic E-state index is 12.4. The fourth-order valence-corrected chi connectivity index (χ4v) is 5.37. The average molecular weight is 388 g/mol. The molecule has 0 bridgehead atoms. The molecule has 0 radical (unpaired) electrons. The topological polar surface area (TPSA) is 53.2 Å². The first kappa shape index (κ1) is 20.2. The molecule has 1 aliphatic heterocycles. The van der Waals surface area contributed by atoms with Crippen molar-refractivity contribution in [3.63, 3.8) is 0 Å². The van der Waals surface area contributed by atoms with Gasteiger partial charge >= 0.3 is 6.03 Å². The van der Waals surface area contributed by atoms with Crippen molar-refractivity contribution in [2.75, 3.05) is 25.0 Å². The summed E-state index contributed by atoms with van der Waals surface area (Å²) in [7, 11) is 0. The van der Waals surface area contributed by atoms with E-state index in [1.165, 1.54) is 52.8 Å². The second-order valence-electron chi connectivity index (χ2n) is 7.69. The Hall–Kier alpha value is -1.59. The van der Waals surface area contributed by atoms with Crippen LogP contribution in [-0.2, 0) is 12.8 Å². The monoisotopic (exact) mass is 387 g/mol. The number of anilines is 1. The van der Waals surface area contributed by atoms with Gasteiger partial charge in [0.1, 0.15) is 0 Å². The molecule has 2 heterocycles. The molecule has 0 saturated carbocycles. The van der Waals surface area contributed by atoms with E-state index in [2.05, 4.69) is 36.4 Å². The summed E-state index contributed by atoms with van der Waals surface area (Å²) in [6.45, 7) is 11.1. The minimum atomic E-state index is -0.123. The molecule has 0 atom stereocenters. The van der Waals surface area contributed by atoms with E-state index >= 15 is 0 Å². The van der Waals surface area contributed by atoms with Crippen molar-refractivity contribution in [1.82, 2.24) is 10.6 Å². The normalized spacial score (nSPS) is 16.8. The number of urea groups is 1. The molecule has 1 aliphatic carbocycles. The largest absolute Gasteiger partial charge is 0.334 e. The summed E-state index contributed by atoms with van der Waals surface area (Å²) < 4.78 is 0. The standard InChI is InChI=1S/C22H33N3OS/c1-4-5-8-17-14-23-12-11-18(17)15(2)13-24-22(26)25-21-16(3)19-9-6-7-10-20(19)27-21/h23H,2,4-14H2,1,3H3,(H2,24,25,26). The molecule has 4 nitrogen and oxygen atoms in total. The van der Waals surface area contributed by atoms with Crippen molar-refractivity contribution in [2.24, 2.45) is 0 Å². The van der Waals surface area contributed by atoms with Crippen LogP contribution in [0.1, 0.15) is 61.5 Å². The second-order valence-corrected chi connectivity index (χ2v) is 8.79. The van der Waals surface area contributed by atoms with Crippen LogP contribution in [-0.4, -0.2) is 25.7 Å². The third-order valence-electron chi connectivity index (χ3n) is 5.70. The number of hydrogen-bond acceptors (Lipinski definition) is 3. The Morgan fingerprint density at radius 2 is 2.07 bits per heavy atom. The van der Waals surface area contributed by atoms with Crippen molar-refractivity contribution in [3.8, 4) is 0 Å². The molecule has 0 unspecified atom stereocenters. The summed E-state index contributed by atoms with van der Waals surface area (Å²) in [5.41, 5.74) is 6.61. The van der Waals surface area contributed by atoms with Gasteiger partial charge in [0, 0.05) is 18.0 Å². The van der Waals surface area contributed by atoms with E-state index < -0.39 is 0 Å². The van der Waals surface area contributed by atoms with E-state index in [9.17, 15) is 4.79 Å². The van der Waals surface area contributed by atoms with Crippen LogP contribution in [0.2, 0.25) is 0 Å². The maximum Gasteiger partial charge on any atom is 0.320 e. The molecule has 0 saturated heterocycles. The van der Waals surface area contributed by atoms with E-state index in [-0.39, 0.29) is 6.03 Å². The fraction of sp³-hybridized carbons (Fsp3) is 0.591. The summed E-state index contributed by atoms with van der Waals surface area (Å²) in [6.07, 6.45) is 9.40. The molecule has 3 rings (SSSR count). The number of thiophene rings is 1. The van der Waals surface area contributed by atoms with Gasteiger partial charge in [-0.05, 0) is 80.7 Å². The Bertz CT molecular complexity index is 732. The number of aryl methyl sites for hydroxylation is 1. The Labute approximate surface area is 167 Å². The highest BCUT2D eigenvalue weighted by Gasteiger charge is 2.19. The van der Waals surface area contributed by atoms with E-state index in [0.717, 1.165) is 49.3 Å². The van der Waals surface area contributed by atoms with Crippen LogP contribution in [0, 0.1) is 6.92 Å². The van der Waals surface area contributed by atoms with Gasteiger partial charge in [0.25, 0.3) is 0 Å². The highest BCUT2D eigenvalue weighted by molar-refractivity contribution is 7.16. The number of nitrogens with one attached hydrogen (secondary N) is 3. The Balaban J connectivity index is 1.56. The van der Waals surface area contributed by atoms with Crippen LogP contribution < -0.4 is 16.0 Å². The molecular weight excluding hydrogens is 354 g/mol. The maximum atomic E-state index is 12.4. The third kappa shape index (κ3) is 5.02. The minimum Gasteiger partial charge on any atom is -0.334 e. The predicted molar refractivity (Wildman–Crippen MR) is 116 cm³/mol. The minimum absolute atomic E-state index is 0.123. The van der Waals surface area contributed by atoms with E-state index in [4.69, 9.17) is 0 Å². The van der Waals surface area contributed by atoms with Gasteiger partial charge in [0.05, 0.1) is 5.00 Å². The molecule has 3 N–H and O–H groups in total. The lowest BCUT2D eigenvalue weighted by Crippen LogP contribution is -2.32. The second kappa shape index (κ2) is 9.56. The van der Waals surface area contributed by atoms with Crippen LogP contribution in [0.25, 0.3) is 0 Å². The van der Waals surface area contributed by atoms with Gasteiger partial charge in [-0.1, -0.05) is 25.5 Å². The van der Waals surface area contributed by atoms with Gasteiger partial charge in [0.15, 0.2) is 0 Å². The van der Waals surface area contributed by atoms with Crippen LogP contribution in [0.4, 0.5) is 9.80 Å². The Morgan fingerprint density at radius 1 is 1.26 bits per heavy atom. The number of rotatable bonds is 7. The van der Waals surface area contributed by atoms with Crippen LogP contribution in [0.3, 0.4) is 0 Å². The van der Waals surface area contributed by atoms with Gasteiger partial charge in [-0.15, -0.1) is 11.3 Å². The highest BCUT2D eigenvalue weighted by Crippen LogP contribution is 2.37. The lowest BCUT2D eigenvalue weighted by atomic mass is 9.92. The van der Waals surface area contributed by atoms with Gasteiger partial charge < -0.3 is 10.6 Å². The SMILES string of the molecule is C=C(CNC(=O)Nc1sc2c(c1C)CCCC2)C1=C(CCCC)CNCC1. The first-order chi connectivity index (χ1) is 13.1. The molecular formula is C22H33N3OS. The van der Waals surface area contributed by atoms with E-state index in [1.54, 1.807) is 11.3 Å². The van der Waals surface area contributed by atoms with Crippen molar-refractivity contribution < 1.29 is 4.79 Å². The Kier molecular flexibility index (Phi) is 7.13. The van der Waals surface area contributed by atoms with Gasteiger partial charge in [-0.25, -0.2) is 4.79 Å². The molecule has 27 heavy (non-hydrogen) atoms. The van der Waals surface area contributed by atoms with Crippen LogP contribution in [0.5, 0.6) is 0 Å². The zero-order chi connectivity index (χ0) is 19.2. The molecule has 2 amide bonds. The quantitative estimate of drug-likeness (QED) is 0.610. The molecule has 1 aromatic heterocycles. The summed E-state index contributed by atoms with van der Waals surface area (Å²) in [4.78, 5) is 13.9. The number of fused-ring (bicyclic) bond motifs is 1. The lowest BCUT2D eigenvalue weighted by molar-refractivity contribution is 0.253. The van der Waals surface area contributed by atoms with Crippen LogP contribution >= 0.6 is 11.3 Å². The predicted octanol–water partition coefficient (Wildman–Crippen LogP) is 5.09. The van der Waals surface area contributed by atoms with Crippen molar-refractivity contribution in [2.45, 2.75) is 65.2 Å². The number of unbranched alkanes of at least 4 members (excludes halogenated alkanes) is 1. The van der Waals surface area contributed by atoms with Crippen molar-refractivity contribution in [3.05, 3.63) is 39.3 Å². The molecule has 0 fully saturated rings. The van der Waals surface area contributed by atoms with Gasteiger partial charge in [0.2, 0.25) is 0 Å². The third-order valence-corrected chi connectivity index (χ3v) is 7.01. The van der Waals surface area contributed by atoms with E-state index in [1.807, 2.05) is 0 Å². The first-order valence-electron chi connectivity index (χ1n) is 10.4. The fourth-order valence-electron chi connectivity index (χ4n) is 4.08. The smallest absolute Gasteiger partial charge is 0.320 e. The van der Waals surface area contributed by atoms with Gasteiger partial charge in [-0.2, -0.15) is 0 Å².